The molecule has 5 nitrogen and oxygen atoms in total. The van der Waals surface area contributed by atoms with Crippen molar-refractivity contribution in [3.63, 3.8) is 0 Å². The molecule has 0 spiro atoms. The highest BCUT2D eigenvalue weighted by molar-refractivity contribution is 6.05. The van der Waals surface area contributed by atoms with Gasteiger partial charge in [-0.25, -0.2) is 0 Å². The SMILES string of the molecule is CCC(C)N1C(=O)CC(NCCN)C1=O. The highest BCUT2D eigenvalue weighted by atomic mass is 16.2. The predicted molar refractivity (Wildman–Crippen MR) is 57.1 cm³/mol. The fourth-order valence-corrected chi connectivity index (χ4v) is 1.71. The van der Waals surface area contributed by atoms with Gasteiger partial charge in [-0.1, -0.05) is 6.92 Å². The maximum absolute atomic E-state index is 11.8. The Kier molecular flexibility index (Phi) is 4.23. The molecule has 1 heterocycles. The van der Waals surface area contributed by atoms with Gasteiger partial charge in [0.25, 0.3) is 0 Å². The van der Waals surface area contributed by atoms with E-state index in [9.17, 15) is 9.59 Å². The molecular weight excluding hydrogens is 194 g/mol. The monoisotopic (exact) mass is 213 g/mol. The molecule has 1 aliphatic rings. The minimum atomic E-state index is -0.366. The molecule has 1 rings (SSSR count). The molecule has 1 fully saturated rings. The van der Waals surface area contributed by atoms with Crippen molar-refractivity contribution in [1.82, 2.24) is 10.2 Å². The van der Waals surface area contributed by atoms with Crippen LogP contribution in [0, 0.1) is 0 Å². The topological polar surface area (TPSA) is 75.4 Å². The summed E-state index contributed by atoms with van der Waals surface area (Å²) in [6, 6.07) is -0.371. The maximum Gasteiger partial charge on any atom is 0.247 e. The molecule has 0 aromatic carbocycles. The zero-order valence-electron chi connectivity index (χ0n) is 9.32. The van der Waals surface area contributed by atoms with E-state index in [-0.39, 0.29) is 30.3 Å². The molecule has 0 saturated carbocycles. The number of amides is 2. The standard InChI is InChI=1S/C10H19N3O2/c1-3-7(2)13-9(14)6-8(10(13)15)12-5-4-11/h7-8,12H,3-6,11H2,1-2H3. The molecule has 1 aliphatic heterocycles. The summed E-state index contributed by atoms with van der Waals surface area (Å²) in [7, 11) is 0. The molecule has 3 N–H and O–H groups in total. The van der Waals surface area contributed by atoms with Gasteiger partial charge in [-0.3, -0.25) is 14.5 Å². The van der Waals surface area contributed by atoms with E-state index in [1.54, 1.807) is 0 Å². The van der Waals surface area contributed by atoms with Gasteiger partial charge in [0.05, 0.1) is 12.5 Å². The van der Waals surface area contributed by atoms with Crippen molar-refractivity contribution in [1.29, 1.82) is 0 Å². The Morgan fingerprint density at radius 3 is 2.80 bits per heavy atom. The van der Waals surface area contributed by atoms with Crippen molar-refractivity contribution in [2.75, 3.05) is 13.1 Å². The van der Waals surface area contributed by atoms with Crippen LogP contribution >= 0.6 is 0 Å². The highest BCUT2D eigenvalue weighted by Gasteiger charge is 2.39. The molecule has 15 heavy (non-hydrogen) atoms. The van der Waals surface area contributed by atoms with Crippen LogP contribution in [0.15, 0.2) is 0 Å². The summed E-state index contributed by atoms with van der Waals surface area (Å²) in [6.45, 7) is 4.90. The number of imide groups is 1. The fourth-order valence-electron chi connectivity index (χ4n) is 1.71. The van der Waals surface area contributed by atoms with E-state index >= 15 is 0 Å². The first kappa shape index (κ1) is 12.1. The number of carbonyl (C=O) groups excluding carboxylic acids is 2. The molecule has 86 valence electrons. The average Bonchev–Trinajstić information content (AvgIpc) is 2.50. The first-order valence-electron chi connectivity index (χ1n) is 5.41. The summed E-state index contributed by atoms with van der Waals surface area (Å²) in [4.78, 5) is 24.8. The van der Waals surface area contributed by atoms with Gasteiger partial charge in [0.2, 0.25) is 11.8 Å². The van der Waals surface area contributed by atoms with Crippen molar-refractivity contribution in [3.8, 4) is 0 Å². The highest BCUT2D eigenvalue weighted by Crippen LogP contribution is 2.17. The molecule has 2 atom stereocenters. The number of hydrogen-bond acceptors (Lipinski definition) is 4. The largest absolute Gasteiger partial charge is 0.329 e. The Morgan fingerprint density at radius 2 is 2.27 bits per heavy atom. The van der Waals surface area contributed by atoms with Gasteiger partial charge in [0, 0.05) is 19.1 Å². The number of hydrogen-bond donors (Lipinski definition) is 2. The van der Waals surface area contributed by atoms with Crippen LogP contribution in [0.1, 0.15) is 26.7 Å². The Morgan fingerprint density at radius 1 is 1.60 bits per heavy atom. The molecule has 0 aromatic rings. The van der Waals surface area contributed by atoms with Crippen LogP contribution in [0.2, 0.25) is 0 Å². The van der Waals surface area contributed by atoms with Gasteiger partial charge < -0.3 is 11.1 Å². The smallest absolute Gasteiger partial charge is 0.247 e. The van der Waals surface area contributed by atoms with Crippen molar-refractivity contribution >= 4 is 11.8 Å². The summed E-state index contributed by atoms with van der Waals surface area (Å²) >= 11 is 0. The third-order valence-corrected chi connectivity index (χ3v) is 2.75. The lowest BCUT2D eigenvalue weighted by Gasteiger charge is -2.21. The number of likely N-dealkylation sites (tertiary alicyclic amines) is 1. The second-order valence-electron chi connectivity index (χ2n) is 3.86. The minimum absolute atomic E-state index is 0.00493. The Labute approximate surface area is 90.0 Å². The van der Waals surface area contributed by atoms with E-state index in [2.05, 4.69) is 5.32 Å². The van der Waals surface area contributed by atoms with Gasteiger partial charge >= 0.3 is 0 Å². The third-order valence-electron chi connectivity index (χ3n) is 2.75. The molecule has 2 amide bonds. The fraction of sp³-hybridized carbons (Fsp3) is 0.800. The number of nitrogens with two attached hydrogens (primary N) is 1. The van der Waals surface area contributed by atoms with Crippen LogP contribution in [-0.4, -0.2) is 41.9 Å². The quantitative estimate of drug-likeness (QED) is 0.601. The van der Waals surface area contributed by atoms with E-state index in [1.807, 2.05) is 13.8 Å². The molecule has 0 radical (unpaired) electrons. The Balaban J connectivity index is 2.62. The maximum atomic E-state index is 11.8. The van der Waals surface area contributed by atoms with E-state index in [0.29, 0.717) is 13.1 Å². The predicted octanol–water partition coefficient (Wildman–Crippen LogP) is -0.539. The second-order valence-corrected chi connectivity index (χ2v) is 3.86. The molecule has 0 aromatic heterocycles. The summed E-state index contributed by atoms with van der Waals surface area (Å²) < 4.78 is 0. The van der Waals surface area contributed by atoms with Gasteiger partial charge in [0.15, 0.2) is 0 Å². The van der Waals surface area contributed by atoms with Gasteiger partial charge in [0.1, 0.15) is 0 Å². The van der Waals surface area contributed by atoms with Crippen molar-refractivity contribution in [2.24, 2.45) is 5.73 Å². The summed E-state index contributed by atoms with van der Waals surface area (Å²) in [5, 5.41) is 2.98. The van der Waals surface area contributed by atoms with Crippen molar-refractivity contribution in [3.05, 3.63) is 0 Å². The Hall–Kier alpha value is -0.940. The van der Waals surface area contributed by atoms with E-state index < -0.39 is 0 Å². The summed E-state index contributed by atoms with van der Waals surface area (Å²) in [5.41, 5.74) is 5.34. The van der Waals surface area contributed by atoms with Gasteiger partial charge in [-0.2, -0.15) is 0 Å². The van der Waals surface area contributed by atoms with E-state index in [0.717, 1.165) is 6.42 Å². The first-order valence-corrected chi connectivity index (χ1v) is 5.41. The van der Waals surface area contributed by atoms with Crippen molar-refractivity contribution in [2.45, 2.75) is 38.8 Å². The van der Waals surface area contributed by atoms with E-state index in [4.69, 9.17) is 5.73 Å². The van der Waals surface area contributed by atoms with Crippen LogP contribution in [0.3, 0.4) is 0 Å². The number of nitrogens with zero attached hydrogens (tertiary/aromatic N) is 1. The second kappa shape index (κ2) is 5.23. The zero-order valence-corrected chi connectivity index (χ0v) is 9.32. The third kappa shape index (κ3) is 2.54. The average molecular weight is 213 g/mol. The van der Waals surface area contributed by atoms with Crippen LogP contribution in [-0.2, 0) is 9.59 Å². The molecule has 5 heteroatoms. The zero-order chi connectivity index (χ0) is 11.4. The van der Waals surface area contributed by atoms with Gasteiger partial charge in [-0.15, -0.1) is 0 Å². The van der Waals surface area contributed by atoms with E-state index in [1.165, 1.54) is 4.90 Å². The lowest BCUT2D eigenvalue weighted by molar-refractivity contribution is -0.141. The normalized spacial score (nSPS) is 23.7. The molecule has 1 saturated heterocycles. The van der Waals surface area contributed by atoms with Gasteiger partial charge in [-0.05, 0) is 13.3 Å². The Bertz CT molecular complexity index is 255. The summed E-state index contributed by atoms with van der Waals surface area (Å²) in [5.74, 6) is -0.188. The van der Waals surface area contributed by atoms with Crippen LogP contribution in [0.5, 0.6) is 0 Å². The minimum Gasteiger partial charge on any atom is -0.329 e. The van der Waals surface area contributed by atoms with Crippen LogP contribution in [0.25, 0.3) is 0 Å². The number of nitrogens with one attached hydrogen (secondary N) is 1. The lowest BCUT2D eigenvalue weighted by Crippen LogP contribution is -2.43. The number of rotatable bonds is 5. The molecule has 0 bridgehead atoms. The number of carbonyl (C=O) groups is 2. The van der Waals surface area contributed by atoms with Crippen molar-refractivity contribution < 1.29 is 9.59 Å². The summed E-state index contributed by atoms with van der Waals surface area (Å²) in [6.07, 6.45) is 1.06. The molecule has 2 unspecified atom stereocenters. The van der Waals surface area contributed by atoms with Crippen LogP contribution < -0.4 is 11.1 Å². The van der Waals surface area contributed by atoms with Crippen LogP contribution in [0.4, 0.5) is 0 Å². The first-order chi connectivity index (χ1) is 7.11. The molecule has 0 aliphatic carbocycles. The molecular formula is C10H19N3O2. The lowest BCUT2D eigenvalue weighted by atomic mass is 10.2.